The number of nitrogens with two attached hydrogens (primary N) is 1. The van der Waals surface area contributed by atoms with Gasteiger partial charge in [0.15, 0.2) is 0 Å². The molecule has 3 rings (SSSR count). The largest absolute Gasteiger partial charge is 0.396 e. The van der Waals surface area contributed by atoms with Gasteiger partial charge in [0.25, 0.3) is 5.95 Å². The van der Waals surface area contributed by atoms with Gasteiger partial charge in [0.05, 0.1) is 6.61 Å². The average Bonchev–Trinajstić information content (AvgIpc) is 3.06. The van der Waals surface area contributed by atoms with E-state index in [-0.39, 0.29) is 18.0 Å². The fourth-order valence-electron chi connectivity index (χ4n) is 1.83. The normalized spacial score (nSPS) is 15.9. The SMILES string of the molecule is NNc1nc(NCC2(CO)CC2)nc(-n2cccn2)n1. The number of aliphatic hydroxyl groups is 1. The highest BCUT2D eigenvalue weighted by Gasteiger charge is 2.41. The first kappa shape index (κ1) is 12.8. The first-order chi connectivity index (χ1) is 9.74. The monoisotopic (exact) mass is 276 g/mol. The van der Waals surface area contributed by atoms with Crippen LogP contribution in [0.5, 0.6) is 0 Å². The molecule has 0 radical (unpaired) electrons. The molecule has 0 bridgehead atoms. The van der Waals surface area contributed by atoms with E-state index in [1.807, 2.05) is 0 Å². The highest BCUT2D eigenvalue weighted by Crippen LogP contribution is 2.44. The number of hydrogen-bond acceptors (Lipinski definition) is 8. The summed E-state index contributed by atoms with van der Waals surface area (Å²) in [6.45, 7) is 0.787. The summed E-state index contributed by atoms with van der Waals surface area (Å²) in [5.74, 6) is 6.38. The first-order valence-corrected chi connectivity index (χ1v) is 6.32. The number of aromatic nitrogens is 5. The van der Waals surface area contributed by atoms with E-state index in [1.165, 1.54) is 4.68 Å². The Morgan fingerprint density at radius 3 is 2.70 bits per heavy atom. The molecule has 9 heteroatoms. The van der Waals surface area contributed by atoms with Gasteiger partial charge in [-0.1, -0.05) is 0 Å². The highest BCUT2D eigenvalue weighted by molar-refractivity contribution is 5.37. The molecule has 1 aliphatic rings. The van der Waals surface area contributed by atoms with Gasteiger partial charge in [0.2, 0.25) is 11.9 Å². The van der Waals surface area contributed by atoms with Crippen molar-refractivity contribution in [3.63, 3.8) is 0 Å². The third-order valence-corrected chi connectivity index (χ3v) is 3.38. The lowest BCUT2D eigenvalue weighted by Crippen LogP contribution is -2.22. The Bertz CT molecular complexity index is 580. The van der Waals surface area contributed by atoms with Gasteiger partial charge in [0.1, 0.15) is 0 Å². The van der Waals surface area contributed by atoms with Crippen molar-refractivity contribution in [3.05, 3.63) is 18.5 Å². The van der Waals surface area contributed by atoms with Crippen LogP contribution in [-0.2, 0) is 0 Å². The lowest BCUT2D eigenvalue weighted by Gasteiger charge is -2.13. The summed E-state index contributed by atoms with van der Waals surface area (Å²) in [6.07, 6.45) is 5.39. The number of hydrazine groups is 1. The molecular formula is C11H16N8O. The average molecular weight is 276 g/mol. The maximum absolute atomic E-state index is 9.30. The van der Waals surface area contributed by atoms with Crippen molar-refractivity contribution in [3.8, 4) is 5.95 Å². The number of nitrogen functional groups attached to an aromatic ring is 1. The number of nitrogens with zero attached hydrogens (tertiary/aromatic N) is 5. The van der Waals surface area contributed by atoms with Crippen LogP contribution in [0.1, 0.15) is 12.8 Å². The summed E-state index contributed by atoms with van der Waals surface area (Å²) < 4.78 is 1.52. The molecule has 1 saturated carbocycles. The molecule has 0 atom stereocenters. The maximum Gasteiger partial charge on any atom is 0.257 e. The van der Waals surface area contributed by atoms with E-state index in [2.05, 4.69) is 30.8 Å². The van der Waals surface area contributed by atoms with Crippen LogP contribution in [-0.4, -0.2) is 43.0 Å². The molecule has 5 N–H and O–H groups in total. The molecule has 106 valence electrons. The van der Waals surface area contributed by atoms with E-state index in [4.69, 9.17) is 5.84 Å². The zero-order valence-electron chi connectivity index (χ0n) is 10.8. The Labute approximate surface area is 115 Å². The predicted octanol–water partition coefficient (Wildman–Crippen LogP) is -0.473. The van der Waals surface area contributed by atoms with E-state index in [1.54, 1.807) is 18.5 Å². The fraction of sp³-hybridized carbons (Fsp3) is 0.455. The van der Waals surface area contributed by atoms with Crippen molar-refractivity contribution in [1.29, 1.82) is 0 Å². The predicted molar refractivity (Wildman–Crippen MR) is 72.0 cm³/mol. The molecule has 0 unspecified atom stereocenters. The van der Waals surface area contributed by atoms with Crippen molar-refractivity contribution >= 4 is 11.9 Å². The van der Waals surface area contributed by atoms with E-state index in [9.17, 15) is 5.11 Å². The van der Waals surface area contributed by atoms with Gasteiger partial charge in [-0.2, -0.15) is 20.1 Å². The van der Waals surface area contributed by atoms with Gasteiger partial charge in [-0.3, -0.25) is 5.43 Å². The van der Waals surface area contributed by atoms with Gasteiger partial charge in [-0.25, -0.2) is 10.5 Å². The molecule has 2 aromatic rings. The summed E-state index contributed by atoms with van der Waals surface area (Å²) in [6, 6.07) is 1.78. The number of rotatable bonds is 6. The molecule has 0 spiro atoms. The van der Waals surface area contributed by atoms with Crippen LogP contribution in [0, 0.1) is 5.41 Å². The van der Waals surface area contributed by atoms with Crippen LogP contribution in [0.3, 0.4) is 0 Å². The topological polar surface area (TPSA) is 127 Å². The number of nitrogens with one attached hydrogen (secondary N) is 2. The smallest absolute Gasteiger partial charge is 0.257 e. The number of hydrogen-bond donors (Lipinski definition) is 4. The van der Waals surface area contributed by atoms with Crippen LogP contribution in [0.2, 0.25) is 0 Å². The maximum atomic E-state index is 9.30. The van der Waals surface area contributed by atoms with Crippen molar-refractivity contribution in [2.75, 3.05) is 23.9 Å². The van der Waals surface area contributed by atoms with Crippen LogP contribution in [0.25, 0.3) is 5.95 Å². The zero-order chi connectivity index (χ0) is 14.0. The minimum Gasteiger partial charge on any atom is -0.396 e. The third kappa shape index (κ3) is 2.53. The van der Waals surface area contributed by atoms with Crippen LogP contribution < -0.4 is 16.6 Å². The second-order valence-corrected chi connectivity index (χ2v) is 4.89. The van der Waals surface area contributed by atoms with Crippen molar-refractivity contribution in [2.45, 2.75) is 12.8 Å². The Hall–Kier alpha value is -2.26. The minimum atomic E-state index is -0.0329. The Balaban J connectivity index is 1.81. The lowest BCUT2D eigenvalue weighted by atomic mass is 10.1. The zero-order valence-corrected chi connectivity index (χ0v) is 10.8. The second-order valence-electron chi connectivity index (χ2n) is 4.89. The van der Waals surface area contributed by atoms with Gasteiger partial charge < -0.3 is 10.4 Å². The summed E-state index contributed by atoms with van der Waals surface area (Å²) >= 11 is 0. The van der Waals surface area contributed by atoms with Gasteiger partial charge in [0, 0.05) is 24.4 Å². The Morgan fingerprint density at radius 2 is 2.10 bits per heavy atom. The van der Waals surface area contributed by atoms with Gasteiger partial charge in [-0.15, -0.1) is 0 Å². The molecule has 9 nitrogen and oxygen atoms in total. The first-order valence-electron chi connectivity index (χ1n) is 6.32. The molecule has 0 saturated heterocycles. The van der Waals surface area contributed by atoms with Crippen LogP contribution in [0.15, 0.2) is 18.5 Å². The molecule has 1 fully saturated rings. The molecule has 0 aromatic carbocycles. The quantitative estimate of drug-likeness (QED) is 0.412. The molecule has 0 amide bonds. The Morgan fingerprint density at radius 1 is 1.30 bits per heavy atom. The van der Waals surface area contributed by atoms with Gasteiger partial charge >= 0.3 is 0 Å². The van der Waals surface area contributed by atoms with Crippen LogP contribution >= 0.6 is 0 Å². The molecule has 0 aliphatic heterocycles. The molecule has 2 heterocycles. The number of aliphatic hydroxyl groups excluding tert-OH is 1. The fourth-order valence-corrected chi connectivity index (χ4v) is 1.83. The van der Waals surface area contributed by atoms with Crippen molar-refractivity contribution < 1.29 is 5.11 Å². The van der Waals surface area contributed by atoms with Crippen molar-refractivity contribution in [2.24, 2.45) is 11.3 Å². The molecular weight excluding hydrogens is 260 g/mol. The molecule has 2 aromatic heterocycles. The standard InChI is InChI=1S/C11H16N8O/c12-18-9-15-8(13-6-11(7-20)2-3-11)16-10(17-9)19-5-1-4-14-19/h1,4-5,20H,2-3,6-7,12H2,(H2,13,15,16,17,18). The van der Waals surface area contributed by atoms with Gasteiger partial charge in [-0.05, 0) is 18.9 Å². The summed E-state index contributed by atoms with van der Waals surface area (Å²) in [5, 5.41) is 16.5. The summed E-state index contributed by atoms with van der Waals surface area (Å²) in [7, 11) is 0. The minimum absolute atomic E-state index is 0.0329. The van der Waals surface area contributed by atoms with E-state index >= 15 is 0 Å². The molecule has 20 heavy (non-hydrogen) atoms. The molecule has 1 aliphatic carbocycles. The van der Waals surface area contributed by atoms with Crippen LogP contribution in [0.4, 0.5) is 11.9 Å². The van der Waals surface area contributed by atoms with E-state index in [0.717, 1.165) is 12.8 Å². The van der Waals surface area contributed by atoms with Crippen molar-refractivity contribution in [1.82, 2.24) is 24.7 Å². The lowest BCUT2D eigenvalue weighted by molar-refractivity contribution is 0.219. The van der Waals surface area contributed by atoms with E-state index < -0.39 is 0 Å². The number of anilines is 2. The summed E-state index contributed by atoms with van der Waals surface area (Å²) in [5.41, 5.74) is 2.37. The summed E-state index contributed by atoms with van der Waals surface area (Å²) in [4.78, 5) is 12.5. The third-order valence-electron chi connectivity index (χ3n) is 3.38. The van der Waals surface area contributed by atoms with E-state index in [0.29, 0.717) is 18.4 Å². The highest BCUT2D eigenvalue weighted by atomic mass is 16.3. The second kappa shape index (κ2) is 5.02. The Kier molecular flexibility index (Phi) is 3.20.